The van der Waals surface area contributed by atoms with Crippen molar-refractivity contribution in [2.24, 2.45) is 5.73 Å². The number of hydrogen-bond acceptors (Lipinski definition) is 5. The van der Waals surface area contributed by atoms with E-state index in [1.54, 1.807) is 0 Å². The molecule has 0 aromatic carbocycles. The number of carbonyl (C=O) groups excluding carboxylic acids is 1. The number of hydrogen-bond donors (Lipinski definition) is 2. The zero-order valence-electron chi connectivity index (χ0n) is 12.8. The molecule has 2 fully saturated rings. The molecule has 1 atom stereocenters. The number of rotatable bonds is 8. The molecule has 1 amide bonds. The molecule has 3 N–H and O–H groups in total. The number of nitrogens with one attached hydrogen (secondary N) is 1. The van der Waals surface area contributed by atoms with Crippen LogP contribution in [0.4, 0.5) is 0 Å². The van der Waals surface area contributed by atoms with E-state index in [0.717, 1.165) is 45.8 Å². The highest BCUT2D eigenvalue weighted by Gasteiger charge is 2.29. The summed E-state index contributed by atoms with van der Waals surface area (Å²) >= 11 is 0. The quantitative estimate of drug-likeness (QED) is 0.584. The van der Waals surface area contributed by atoms with E-state index in [0.29, 0.717) is 6.04 Å². The molecule has 6 nitrogen and oxygen atoms in total. The van der Waals surface area contributed by atoms with Crippen LogP contribution in [0.25, 0.3) is 0 Å². The number of nitrogens with two attached hydrogens (primary N) is 1. The molecular weight excluding hydrogens is 254 g/mol. The third kappa shape index (κ3) is 5.36. The maximum Gasteiger partial charge on any atom is 0.235 e. The van der Waals surface area contributed by atoms with Crippen LogP contribution in [0.5, 0.6) is 0 Å². The standard InChI is InChI=1S/C14H29N5O/c1-17(2)5-6-18-7-9-19(10-8-18)11-13(14(15)20)16-12-3-4-12/h12-13,16H,3-11H2,1-2H3,(H2,15,20). The van der Waals surface area contributed by atoms with Crippen molar-refractivity contribution < 1.29 is 4.79 Å². The van der Waals surface area contributed by atoms with Gasteiger partial charge in [-0.05, 0) is 26.9 Å². The summed E-state index contributed by atoms with van der Waals surface area (Å²) in [4.78, 5) is 18.6. The summed E-state index contributed by atoms with van der Waals surface area (Å²) in [5.74, 6) is -0.216. The number of amides is 1. The van der Waals surface area contributed by atoms with E-state index >= 15 is 0 Å². The molecule has 0 spiro atoms. The molecule has 0 aromatic heterocycles. The summed E-state index contributed by atoms with van der Waals surface area (Å²) in [6.07, 6.45) is 2.37. The lowest BCUT2D eigenvalue weighted by atomic mass is 10.2. The van der Waals surface area contributed by atoms with Crippen molar-refractivity contribution in [3.8, 4) is 0 Å². The predicted molar refractivity (Wildman–Crippen MR) is 80.6 cm³/mol. The molecule has 1 aliphatic heterocycles. The molecule has 1 unspecified atom stereocenters. The highest BCUT2D eigenvalue weighted by Crippen LogP contribution is 2.19. The molecule has 1 saturated heterocycles. The first-order chi connectivity index (χ1) is 9.54. The molecule has 116 valence electrons. The molecule has 1 aliphatic carbocycles. The fourth-order valence-electron chi connectivity index (χ4n) is 2.55. The maximum absolute atomic E-state index is 11.5. The van der Waals surface area contributed by atoms with E-state index in [1.165, 1.54) is 12.8 Å². The molecule has 1 heterocycles. The highest BCUT2D eigenvalue weighted by atomic mass is 16.1. The lowest BCUT2D eigenvalue weighted by Gasteiger charge is -2.36. The minimum atomic E-state index is -0.216. The monoisotopic (exact) mass is 283 g/mol. The van der Waals surface area contributed by atoms with Gasteiger partial charge >= 0.3 is 0 Å². The Hall–Kier alpha value is -0.690. The molecule has 20 heavy (non-hydrogen) atoms. The minimum absolute atomic E-state index is 0.184. The van der Waals surface area contributed by atoms with E-state index in [4.69, 9.17) is 5.73 Å². The van der Waals surface area contributed by atoms with Crippen LogP contribution in [0.2, 0.25) is 0 Å². The summed E-state index contributed by atoms with van der Waals surface area (Å²) in [6.45, 7) is 7.22. The third-order valence-electron chi connectivity index (χ3n) is 4.13. The van der Waals surface area contributed by atoms with Gasteiger partial charge in [0.1, 0.15) is 0 Å². The van der Waals surface area contributed by atoms with Crippen LogP contribution in [-0.4, -0.2) is 92.6 Å². The van der Waals surface area contributed by atoms with Gasteiger partial charge in [-0.2, -0.15) is 0 Å². The predicted octanol–water partition coefficient (Wildman–Crippen LogP) is -1.23. The fourth-order valence-corrected chi connectivity index (χ4v) is 2.55. The van der Waals surface area contributed by atoms with E-state index in [9.17, 15) is 4.79 Å². The molecule has 1 saturated carbocycles. The van der Waals surface area contributed by atoms with Crippen molar-refractivity contribution in [2.75, 3.05) is 59.9 Å². The van der Waals surface area contributed by atoms with Crippen molar-refractivity contribution in [3.63, 3.8) is 0 Å². The Labute approximate surface area is 122 Å². The summed E-state index contributed by atoms with van der Waals surface area (Å²) in [7, 11) is 4.22. The third-order valence-corrected chi connectivity index (χ3v) is 4.13. The average molecular weight is 283 g/mol. The second-order valence-electron chi connectivity index (χ2n) is 6.34. The first kappa shape index (κ1) is 15.7. The zero-order chi connectivity index (χ0) is 14.5. The van der Waals surface area contributed by atoms with Gasteiger partial charge in [0.15, 0.2) is 0 Å². The van der Waals surface area contributed by atoms with Crippen molar-refractivity contribution in [1.82, 2.24) is 20.0 Å². The smallest absolute Gasteiger partial charge is 0.235 e. The maximum atomic E-state index is 11.5. The van der Waals surface area contributed by atoms with Crippen LogP contribution < -0.4 is 11.1 Å². The van der Waals surface area contributed by atoms with Crippen LogP contribution >= 0.6 is 0 Å². The van der Waals surface area contributed by atoms with Gasteiger partial charge in [-0.15, -0.1) is 0 Å². The molecule has 0 bridgehead atoms. The molecule has 2 aliphatic rings. The van der Waals surface area contributed by atoms with Crippen LogP contribution in [0.1, 0.15) is 12.8 Å². The number of piperazine rings is 1. The van der Waals surface area contributed by atoms with Crippen molar-refractivity contribution in [2.45, 2.75) is 24.9 Å². The number of primary amides is 1. The van der Waals surface area contributed by atoms with E-state index in [1.807, 2.05) is 0 Å². The van der Waals surface area contributed by atoms with Gasteiger partial charge in [0.05, 0.1) is 6.04 Å². The van der Waals surface area contributed by atoms with Gasteiger partial charge in [0.2, 0.25) is 5.91 Å². The second-order valence-corrected chi connectivity index (χ2v) is 6.34. The second kappa shape index (κ2) is 7.36. The van der Waals surface area contributed by atoms with E-state index in [2.05, 4.69) is 34.1 Å². The van der Waals surface area contributed by atoms with Crippen LogP contribution in [0.3, 0.4) is 0 Å². The zero-order valence-corrected chi connectivity index (χ0v) is 12.8. The van der Waals surface area contributed by atoms with Crippen molar-refractivity contribution in [1.29, 1.82) is 0 Å². The largest absolute Gasteiger partial charge is 0.368 e. The lowest BCUT2D eigenvalue weighted by molar-refractivity contribution is -0.120. The van der Waals surface area contributed by atoms with Gasteiger partial charge in [-0.3, -0.25) is 14.6 Å². The Kier molecular flexibility index (Phi) is 5.77. The van der Waals surface area contributed by atoms with Crippen LogP contribution in [0, 0.1) is 0 Å². The summed E-state index contributed by atoms with van der Waals surface area (Å²) in [6, 6.07) is 0.338. The Balaban J connectivity index is 1.68. The summed E-state index contributed by atoms with van der Waals surface area (Å²) < 4.78 is 0. The van der Waals surface area contributed by atoms with Gasteiger partial charge in [-0.25, -0.2) is 0 Å². The molecule has 0 aromatic rings. The average Bonchev–Trinajstić information content (AvgIpc) is 3.21. The summed E-state index contributed by atoms with van der Waals surface area (Å²) in [5.41, 5.74) is 5.49. The van der Waals surface area contributed by atoms with Gasteiger partial charge < -0.3 is 16.0 Å². The first-order valence-electron chi connectivity index (χ1n) is 7.69. The van der Waals surface area contributed by atoms with Crippen molar-refractivity contribution >= 4 is 5.91 Å². The molecular formula is C14H29N5O. The molecule has 0 radical (unpaired) electrons. The van der Waals surface area contributed by atoms with E-state index in [-0.39, 0.29) is 11.9 Å². The number of nitrogens with zero attached hydrogens (tertiary/aromatic N) is 3. The van der Waals surface area contributed by atoms with Gasteiger partial charge in [-0.1, -0.05) is 0 Å². The Morgan fingerprint density at radius 2 is 1.85 bits per heavy atom. The van der Waals surface area contributed by atoms with Gasteiger partial charge in [0.25, 0.3) is 0 Å². The van der Waals surface area contributed by atoms with Crippen LogP contribution in [-0.2, 0) is 4.79 Å². The molecule has 6 heteroatoms. The SMILES string of the molecule is CN(C)CCN1CCN(CC(NC2CC2)C(N)=O)CC1. The molecule has 2 rings (SSSR count). The fraction of sp³-hybridized carbons (Fsp3) is 0.929. The normalized spacial score (nSPS) is 23.1. The van der Waals surface area contributed by atoms with Crippen molar-refractivity contribution in [3.05, 3.63) is 0 Å². The number of carbonyl (C=O) groups is 1. The Bertz CT molecular complexity index is 311. The first-order valence-corrected chi connectivity index (χ1v) is 7.69. The summed E-state index contributed by atoms with van der Waals surface area (Å²) in [5, 5.41) is 3.35. The van der Waals surface area contributed by atoms with Crippen LogP contribution in [0.15, 0.2) is 0 Å². The topological polar surface area (TPSA) is 64.8 Å². The lowest BCUT2D eigenvalue weighted by Crippen LogP contribution is -2.55. The van der Waals surface area contributed by atoms with Gasteiger partial charge in [0, 0.05) is 51.9 Å². The minimum Gasteiger partial charge on any atom is -0.368 e. The van der Waals surface area contributed by atoms with E-state index < -0.39 is 0 Å². The Morgan fingerprint density at radius 3 is 2.35 bits per heavy atom. The number of likely N-dealkylation sites (N-methyl/N-ethyl adjacent to an activating group) is 1. The Morgan fingerprint density at radius 1 is 1.25 bits per heavy atom. The highest BCUT2D eigenvalue weighted by molar-refractivity contribution is 5.80.